The lowest BCUT2D eigenvalue weighted by atomic mass is 9.97. The van der Waals surface area contributed by atoms with Crippen molar-refractivity contribution < 1.29 is 9.52 Å². The first-order chi connectivity index (χ1) is 12.5. The van der Waals surface area contributed by atoms with Crippen molar-refractivity contribution in [3.05, 3.63) is 75.8 Å². The molecule has 0 bridgehead atoms. The summed E-state index contributed by atoms with van der Waals surface area (Å²) in [6, 6.07) is 15.3. The summed E-state index contributed by atoms with van der Waals surface area (Å²) < 4.78 is 5.28. The molecule has 0 spiro atoms. The fraction of sp³-hybridized carbons (Fsp3) is 0.136. The van der Waals surface area contributed by atoms with Crippen molar-refractivity contribution in [1.82, 2.24) is 4.98 Å². The number of aromatic nitrogens is 1. The number of hydrogen-bond donors (Lipinski definition) is 2. The molecule has 0 aliphatic rings. The van der Waals surface area contributed by atoms with Gasteiger partial charge in [0.2, 0.25) is 0 Å². The van der Waals surface area contributed by atoms with Gasteiger partial charge >= 0.3 is 5.63 Å². The molecule has 0 aliphatic carbocycles. The molecule has 2 aromatic carbocycles. The fourth-order valence-corrected chi connectivity index (χ4v) is 3.41. The molecule has 4 nitrogen and oxygen atoms in total. The first-order valence-corrected chi connectivity index (χ1v) is 8.48. The Morgan fingerprint density at radius 3 is 2.38 bits per heavy atom. The zero-order valence-electron chi connectivity index (χ0n) is 14.9. The molecule has 0 radical (unpaired) electrons. The van der Waals surface area contributed by atoms with E-state index in [4.69, 9.17) is 4.42 Å². The quantitative estimate of drug-likeness (QED) is 0.532. The van der Waals surface area contributed by atoms with Gasteiger partial charge in [0.15, 0.2) is 0 Å². The van der Waals surface area contributed by atoms with E-state index in [1.54, 1.807) is 6.92 Å². The molecule has 26 heavy (non-hydrogen) atoms. The van der Waals surface area contributed by atoms with Crippen LogP contribution in [0.25, 0.3) is 33.3 Å². The van der Waals surface area contributed by atoms with Crippen molar-refractivity contribution in [2.24, 2.45) is 0 Å². The first-order valence-electron chi connectivity index (χ1n) is 8.48. The van der Waals surface area contributed by atoms with E-state index in [1.807, 2.05) is 49.4 Å². The minimum Gasteiger partial charge on any atom is -0.507 e. The van der Waals surface area contributed by atoms with Crippen LogP contribution in [0.2, 0.25) is 0 Å². The van der Waals surface area contributed by atoms with Crippen LogP contribution >= 0.6 is 0 Å². The summed E-state index contributed by atoms with van der Waals surface area (Å²) in [5.74, 6) is 0.305. The van der Waals surface area contributed by atoms with E-state index >= 15 is 0 Å². The monoisotopic (exact) mass is 345 g/mol. The van der Waals surface area contributed by atoms with Crippen LogP contribution in [-0.2, 0) is 0 Å². The highest BCUT2D eigenvalue weighted by Gasteiger charge is 2.22. The number of aromatic amines is 1. The predicted octanol–water partition coefficient (Wildman–Crippen LogP) is 5.09. The Bertz CT molecular complexity index is 1180. The molecule has 0 fully saturated rings. The van der Waals surface area contributed by atoms with Crippen LogP contribution in [0.3, 0.4) is 0 Å². The highest BCUT2D eigenvalue weighted by Crippen LogP contribution is 2.41. The van der Waals surface area contributed by atoms with Gasteiger partial charge < -0.3 is 14.5 Å². The van der Waals surface area contributed by atoms with E-state index < -0.39 is 5.63 Å². The molecular weight excluding hydrogens is 326 g/mol. The normalized spacial score (nSPS) is 11.2. The zero-order chi connectivity index (χ0) is 18.4. The average Bonchev–Trinajstić information content (AvgIpc) is 2.98. The number of nitrogens with one attached hydrogen (secondary N) is 1. The molecule has 4 heteroatoms. The zero-order valence-corrected chi connectivity index (χ0v) is 14.9. The highest BCUT2D eigenvalue weighted by molar-refractivity contribution is 6.06. The number of rotatable bonds is 2. The minimum atomic E-state index is -0.543. The van der Waals surface area contributed by atoms with Gasteiger partial charge in [-0.05, 0) is 37.5 Å². The molecule has 130 valence electrons. The smallest absolute Gasteiger partial charge is 0.347 e. The van der Waals surface area contributed by atoms with Crippen LogP contribution in [0, 0.1) is 20.8 Å². The summed E-state index contributed by atoms with van der Waals surface area (Å²) in [6.45, 7) is 5.74. The maximum Gasteiger partial charge on any atom is 0.347 e. The molecule has 0 aliphatic heterocycles. The number of fused-ring (bicyclic) bond motifs is 1. The molecule has 0 unspecified atom stereocenters. The van der Waals surface area contributed by atoms with E-state index in [9.17, 15) is 9.90 Å². The second kappa shape index (κ2) is 5.92. The van der Waals surface area contributed by atoms with Gasteiger partial charge in [0.05, 0.1) is 5.69 Å². The van der Waals surface area contributed by atoms with Crippen LogP contribution in [0.4, 0.5) is 0 Å². The Kier molecular flexibility index (Phi) is 3.69. The summed E-state index contributed by atoms with van der Waals surface area (Å²) in [5, 5.41) is 11.4. The van der Waals surface area contributed by atoms with Gasteiger partial charge in [-0.2, -0.15) is 0 Å². The number of benzene rings is 2. The largest absolute Gasteiger partial charge is 0.507 e. The second-order valence-corrected chi connectivity index (χ2v) is 6.58. The highest BCUT2D eigenvalue weighted by atomic mass is 16.4. The summed E-state index contributed by atoms with van der Waals surface area (Å²) in [4.78, 5) is 16.1. The Labute approximate surface area is 150 Å². The summed E-state index contributed by atoms with van der Waals surface area (Å²) >= 11 is 0. The molecule has 0 saturated heterocycles. The number of aryl methyl sites for hydroxylation is 3. The van der Waals surface area contributed by atoms with E-state index in [0.717, 1.165) is 33.3 Å². The standard InChI is InChI=1S/C22H19NO3/c1-12-9-10-16-18(19-17(24)11-13(2)26-22(19)25)21(23-20(16)14(12)3)15-7-5-4-6-8-15/h4-11,23-24H,1-3H3. The van der Waals surface area contributed by atoms with Crippen molar-refractivity contribution in [3.63, 3.8) is 0 Å². The van der Waals surface area contributed by atoms with E-state index in [1.165, 1.54) is 6.07 Å². The summed E-state index contributed by atoms with van der Waals surface area (Å²) in [7, 11) is 0. The second-order valence-electron chi connectivity index (χ2n) is 6.58. The maximum absolute atomic E-state index is 12.6. The summed E-state index contributed by atoms with van der Waals surface area (Å²) in [5.41, 5.74) is 5.27. The van der Waals surface area contributed by atoms with Crippen LogP contribution in [0.5, 0.6) is 5.75 Å². The topological polar surface area (TPSA) is 66.2 Å². The molecule has 2 N–H and O–H groups in total. The third kappa shape index (κ3) is 2.42. The molecular formula is C22H19NO3. The number of aromatic hydroxyl groups is 1. The molecule has 0 atom stereocenters. The molecule has 4 rings (SSSR count). The predicted molar refractivity (Wildman–Crippen MR) is 104 cm³/mol. The van der Waals surface area contributed by atoms with Gasteiger partial charge in [-0.15, -0.1) is 0 Å². The van der Waals surface area contributed by atoms with E-state index in [-0.39, 0.29) is 11.3 Å². The SMILES string of the molecule is Cc1cc(O)c(-c2c(-c3ccccc3)[nH]c3c(C)c(C)ccc23)c(=O)o1. The van der Waals surface area contributed by atoms with E-state index in [2.05, 4.69) is 11.9 Å². The lowest BCUT2D eigenvalue weighted by molar-refractivity contribution is 0.438. The molecule has 2 aromatic heterocycles. The van der Waals surface area contributed by atoms with Gasteiger partial charge in [-0.1, -0.05) is 42.5 Å². The van der Waals surface area contributed by atoms with Crippen molar-refractivity contribution in [1.29, 1.82) is 0 Å². The fourth-order valence-electron chi connectivity index (χ4n) is 3.41. The molecule has 2 heterocycles. The van der Waals surface area contributed by atoms with Crippen LogP contribution < -0.4 is 5.63 Å². The molecule has 0 saturated carbocycles. The Balaban J connectivity index is 2.18. The third-order valence-electron chi connectivity index (χ3n) is 4.87. The van der Waals surface area contributed by atoms with Crippen molar-refractivity contribution in [3.8, 4) is 28.1 Å². The van der Waals surface area contributed by atoms with E-state index in [0.29, 0.717) is 11.3 Å². The summed E-state index contributed by atoms with van der Waals surface area (Å²) in [6.07, 6.45) is 0. The maximum atomic E-state index is 12.6. The lowest BCUT2D eigenvalue weighted by Crippen LogP contribution is -2.04. The number of hydrogen-bond acceptors (Lipinski definition) is 3. The van der Waals surface area contributed by atoms with Crippen molar-refractivity contribution in [2.75, 3.05) is 0 Å². The average molecular weight is 345 g/mol. The minimum absolute atomic E-state index is 0.0740. The molecule has 0 amide bonds. The first kappa shape index (κ1) is 16.2. The third-order valence-corrected chi connectivity index (χ3v) is 4.87. The van der Waals surface area contributed by atoms with Gasteiger partial charge in [-0.3, -0.25) is 0 Å². The Morgan fingerprint density at radius 1 is 0.962 bits per heavy atom. The van der Waals surface area contributed by atoms with Crippen LogP contribution in [0.1, 0.15) is 16.9 Å². The van der Waals surface area contributed by atoms with Gasteiger partial charge in [-0.25, -0.2) is 4.79 Å². The number of H-pyrrole nitrogens is 1. The Morgan fingerprint density at radius 2 is 1.69 bits per heavy atom. The van der Waals surface area contributed by atoms with Crippen LogP contribution in [-0.4, -0.2) is 10.1 Å². The van der Waals surface area contributed by atoms with Gasteiger partial charge in [0.25, 0.3) is 0 Å². The van der Waals surface area contributed by atoms with Crippen molar-refractivity contribution in [2.45, 2.75) is 20.8 Å². The Hall–Kier alpha value is -3.27. The van der Waals surface area contributed by atoms with Crippen molar-refractivity contribution >= 4 is 10.9 Å². The lowest BCUT2D eigenvalue weighted by Gasteiger charge is -2.07. The van der Waals surface area contributed by atoms with Crippen LogP contribution in [0.15, 0.2) is 57.7 Å². The van der Waals surface area contributed by atoms with Gasteiger partial charge in [0.1, 0.15) is 17.1 Å². The molecule has 4 aromatic rings. The van der Waals surface area contributed by atoms with Gasteiger partial charge in [0, 0.05) is 22.5 Å².